The lowest BCUT2D eigenvalue weighted by Crippen LogP contribution is -2.22. The van der Waals surface area contributed by atoms with E-state index >= 15 is 0 Å². The molecule has 0 aliphatic rings. The van der Waals surface area contributed by atoms with E-state index in [1.807, 2.05) is 31.2 Å². The average Bonchev–Trinajstić information content (AvgIpc) is 3.04. The molecule has 1 aromatic heterocycles. The molecule has 0 bridgehead atoms. The average molecular weight is 353 g/mol. The molecule has 1 heterocycles. The first-order valence-electron chi connectivity index (χ1n) is 8.03. The van der Waals surface area contributed by atoms with Gasteiger partial charge in [-0.2, -0.15) is 14.7 Å². The summed E-state index contributed by atoms with van der Waals surface area (Å²) >= 11 is 0. The number of aliphatic hydroxyl groups is 1. The lowest BCUT2D eigenvalue weighted by atomic mass is 10.1. The Labute approximate surface area is 150 Å². The van der Waals surface area contributed by atoms with Gasteiger partial charge in [-0.15, -0.1) is 5.10 Å². The fourth-order valence-corrected chi connectivity index (χ4v) is 2.39. The third-order valence-electron chi connectivity index (χ3n) is 3.56. The number of nitrogens with two attached hydrogens (primary N) is 1. The highest BCUT2D eigenvalue weighted by Crippen LogP contribution is 2.23. The number of carbonyl (C=O) groups excluding carboxylic acids is 1. The van der Waals surface area contributed by atoms with E-state index in [1.54, 1.807) is 30.3 Å². The van der Waals surface area contributed by atoms with Gasteiger partial charge >= 0.3 is 0 Å². The van der Waals surface area contributed by atoms with Gasteiger partial charge in [0.15, 0.2) is 0 Å². The normalized spacial score (nSPS) is 10.7. The Morgan fingerprint density at radius 3 is 2.69 bits per heavy atom. The van der Waals surface area contributed by atoms with Gasteiger partial charge in [-0.25, -0.2) is 0 Å². The quantitative estimate of drug-likeness (QED) is 0.652. The standard InChI is InChI=1S/C18H19N5O3/c1-13-6-5-7-14(12-13)16(25)22-17(19)20-18(21-22)23(26-11-10-24)15-8-3-2-4-9-15/h2-9,12,24H,10-11H2,1H3,(H2,19,20,21). The van der Waals surface area contributed by atoms with Gasteiger partial charge in [-0.3, -0.25) is 9.63 Å². The van der Waals surface area contributed by atoms with Crippen LogP contribution in [0.3, 0.4) is 0 Å². The summed E-state index contributed by atoms with van der Waals surface area (Å²) in [6.45, 7) is 1.75. The molecule has 0 aliphatic heterocycles. The van der Waals surface area contributed by atoms with E-state index in [2.05, 4.69) is 10.1 Å². The predicted molar refractivity (Wildman–Crippen MR) is 97.0 cm³/mol. The Morgan fingerprint density at radius 1 is 1.23 bits per heavy atom. The first-order valence-corrected chi connectivity index (χ1v) is 8.03. The number of aromatic nitrogens is 3. The van der Waals surface area contributed by atoms with Crippen LogP contribution in [0, 0.1) is 6.92 Å². The van der Waals surface area contributed by atoms with Gasteiger partial charge in [0.1, 0.15) is 0 Å². The number of aryl methyl sites for hydroxylation is 1. The molecule has 0 unspecified atom stereocenters. The van der Waals surface area contributed by atoms with Gasteiger partial charge in [0.2, 0.25) is 5.95 Å². The zero-order chi connectivity index (χ0) is 18.5. The van der Waals surface area contributed by atoms with E-state index < -0.39 is 0 Å². The van der Waals surface area contributed by atoms with Crippen LogP contribution < -0.4 is 10.8 Å². The number of carbonyl (C=O) groups is 1. The van der Waals surface area contributed by atoms with Crippen LogP contribution in [0.15, 0.2) is 54.6 Å². The first-order chi connectivity index (χ1) is 12.6. The third-order valence-corrected chi connectivity index (χ3v) is 3.56. The van der Waals surface area contributed by atoms with Gasteiger partial charge in [-0.1, -0.05) is 35.9 Å². The van der Waals surface area contributed by atoms with E-state index in [-0.39, 0.29) is 31.0 Å². The molecule has 0 saturated carbocycles. The van der Waals surface area contributed by atoms with Crippen LogP contribution in [0.25, 0.3) is 0 Å². The molecule has 0 radical (unpaired) electrons. The number of hydrogen-bond acceptors (Lipinski definition) is 7. The largest absolute Gasteiger partial charge is 0.394 e. The zero-order valence-electron chi connectivity index (χ0n) is 14.2. The summed E-state index contributed by atoms with van der Waals surface area (Å²) in [7, 11) is 0. The Balaban J connectivity index is 1.95. The maximum atomic E-state index is 12.7. The van der Waals surface area contributed by atoms with Crippen molar-refractivity contribution in [2.45, 2.75) is 6.92 Å². The number of hydrogen-bond donors (Lipinski definition) is 2. The molecule has 0 spiro atoms. The molecule has 134 valence electrons. The van der Waals surface area contributed by atoms with Crippen molar-refractivity contribution in [3.05, 3.63) is 65.7 Å². The van der Waals surface area contributed by atoms with Crippen LogP contribution in [0.1, 0.15) is 15.9 Å². The van der Waals surface area contributed by atoms with Gasteiger partial charge in [-0.05, 0) is 31.2 Å². The predicted octanol–water partition coefficient (Wildman–Crippen LogP) is 1.92. The molecule has 3 rings (SSSR count). The number of para-hydroxylation sites is 1. The summed E-state index contributed by atoms with van der Waals surface area (Å²) in [4.78, 5) is 22.3. The van der Waals surface area contributed by atoms with Gasteiger partial charge in [0.25, 0.3) is 11.9 Å². The molecule has 0 aliphatic carbocycles. The summed E-state index contributed by atoms with van der Waals surface area (Å²) in [6.07, 6.45) is 0. The molecule has 0 atom stereocenters. The molecule has 2 aromatic carbocycles. The minimum absolute atomic E-state index is 0.0369. The lowest BCUT2D eigenvalue weighted by molar-refractivity contribution is 0.0893. The van der Waals surface area contributed by atoms with E-state index in [1.165, 1.54) is 5.06 Å². The van der Waals surface area contributed by atoms with Crippen molar-refractivity contribution in [2.24, 2.45) is 0 Å². The number of aliphatic hydroxyl groups excluding tert-OH is 1. The Morgan fingerprint density at radius 2 is 2.00 bits per heavy atom. The van der Waals surface area contributed by atoms with Crippen molar-refractivity contribution < 1.29 is 14.7 Å². The Hall–Kier alpha value is -3.23. The van der Waals surface area contributed by atoms with Gasteiger partial charge in [0.05, 0.1) is 18.9 Å². The maximum absolute atomic E-state index is 12.7. The maximum Gasteiger partial charge on any atom is 0.281 e. The summed E-state index contributed by atoms with van der Waals surface area (Å²) in [5.74, 6) is -0.344. The van der Waals surface area contributed by atoms with Crippen LogP contribution >= 0.6 is 0 Å². The van der Waals surface area contributed by atoms with E-state index in [4.69, 9.17) is 15.7 Å². The summed E-state index contributed by atoms with van der Waals surface area (Å²) < 4.78 is 1.03. The zero-order valence-corrected chi connectivity index (χ0v) is 14.2. The summed E-state index contributed by atoms with van der Waals surface area (Å²) in [6, 6.07) is 16.2. The number of rotatable bonds is 6. The number of benzene rings is 2. The molecule has 0 saturated heterocycles. The highest BCUT2D eigenvalue weighted by Gasteiger charge is 2.21. The van der Waals surface area contributed by atoms with Crippen LogP contribution in [0.4, 0.5) is 17.6 Å². The van der Waals surface area contributed by atoms with Crippen molar-refractivity contribution in [3.8, 4) is 0 Å². The monoisotopic (exact) mass is 353 g/mol. The number of nitrogens with zero attached hydrogens (tertiary/aromatic N) is 4. The number of anilines is 3. The Bertz CT molecular complexity index is 895. The van der Waals surface area contributed by atoms with Crippen molar-refractivity contribution in [2.75, 3.05) is 24.0 Å². The molecule has 0 amide bonds. The summed E-state index contributed by atoms with van der Waals surface area (Å²) in [5.41, 5.74) is 7.94. The molecule has 8 nitrogen and oxygen atoms in total. The van der Waals surface area contributed by atoms with Crippen molar-refractivity contribution >= 4 is 23.5 Å². The van der Waals surface area contributed by atoms with E-state index in [0.717, 1.165) is 10.2 Å². The molecule has 8 heteroatoms. The van der Waals surface area contributed by atoms with E-state index in [0.29, 0.717) is 11.3 Å². The minimum Gasteiger partial charge on any atom is -0.394 e. The topological polar surface area (TPSA) is 106 Å². The van der Waals surface area contributed by atoms with Crippen molar-refractivity contribution in [1.82, 2.24) is 14.8 Å². The second kappa shape index (κ2) is 7.77. The highest BCUT2D eigenvalue weighted by atomic mass is 16.7. The fraction of sp³-hybridized carbons (Fsp3) is 0.167. The lowest BCUT2D eigenvalue weighted by Gasteiger charge is -2.19. The van der Waals surface area contributed by atoms with E-state index in [9.17, 15) is 4.79 Å². The molecule has 0 fully saturated rings. The molecular weight excluding hydrogens is 334 g/mol. The molecule has 26 heavy (non-hydrogen) atoms. The van der Waals surface area contributed by atoms with Crippen molar-refractivity contribution in [3.63, 3.8) is 0 Å². The van der Waals surface area contributed by atoms with Crippen LogP contribution in [0.2, 0.25) is 0 Å². The SMILES string of the molecule is Cc1cccc(C(=O)n2nc(N(OCCO)c3ccccc3)nc2N)c1. The molecule has 3 aromatic rings. The van der Waals surface area contributed by atoms with Crippen molar-refractivity contribution in [1.29, 1.82) is 0 Å². The summed E-state index contributed by atoms with van der Waals surface area (Å²) in [5, 5.41) is 14.6. The molecular formula is C18H19N5O3. The Kier molecular flexibility index (Phi) is 5.26. The van der Waals surface area contributed by atoms with Gasteiger partial charge < -0.3 is 10.8 Å². The van der Waals surface area contributed by atoms with Crippen LogP contribution in [-0.4, -0.2) is 39.0 Å². The fourth-order valence-electron chi connectivity index (χ4n) is 2.39. The van der Waals surface area contributed by atoms with Gasteiger partial charge in [0, 0.05) is 5.56 Å². The third kappa shape index (κ3) is 3.71. The molecule has 3 N–H and O–H groups in total. The minimum atomic E-state index is -0.389. The first kappa shape index (κ1) is 17.6. The second-order valence-corrected chi connectivity index (χ2v) is 5.54. The van der Waals surface area contributed by atoms with Crippen LogP contribution in [-0.2, 0) is 4.84 Å². The second-order valence-electron chi connectivity index (χ2n) is 5.54. The van der Waals surface area contributed by atoms with Crippen LogP contribution in [0.5, 0.6) is 0 Å². The highest BCUT2D eigenvalue weighted by molar-refractivity contribution is 5.97. The number of nitrogen functional groups attached to an aromatic ring is 1. The smallest absolute Gasteiger partial charge is 0.281 e.